The smallest absolute Gasteiger partial charge is 0.334 e. The normalized spacial score (nSPS) is 11.8. The van der Waals surface area contributed by atoms with Crippen LogP contribution in [0.3, 0.4) is 0 Å². The van der Waals surface area contributed by atoms with Gasteiger partial charge in [-0.15, -0.1) is 6.42 Å². The van der Waals surface area contributed by atoms with Crippen molar-refractivity contribution in [2.24, 2.45) is 0 Å². The van der Waals surface area contributed by atoms with Crippen LogP contribution in [0.25, 0.3) is 11.0 Å². The van der Waals surface area contributed by atoms with Crippen LogP contribution >= 0.6 is 0 Å². The highest BCUT2D eigenvalue weighted by Crippen LogP contribution is 2.30. The molecule has 0 fully saturated rings. The molecule has 0 radical (unpaired) electrons. The SMILES string of the molecule is C#Cc1c(F)cc2[nH]c(C(F)(F)F)nc2c1F. The fourth-order valence-corrected chi connectivity index (χ4v) is 1.35. The molecule has 0 aliphatic carbocycles. The Morgan fingerprint density at radius 2 is 1.94 bits per heavy atom. The fraction of sp³-hybridized carbons (Fsp3) is 0.100. The zero-order valence-electron chi connectivity index (χ0n) is 7.99. The van der Waals surface area contributed by atoms with Gasteiger partial charge in [0.25, 0.3) is 0 Å². The van der Waals surface area contributed by atoms with Crippen molar-refractivity contribution in [3.63, 3.8) is 0 Å². The Balaban J connectivity index is 2.80. The number of imidazole rings is 1. The number of alkyl halides is 3. The number of aromatic amines is 1. The molecular formula is C10H3F5N2. The van der Waals surface area contributed by atoms with Crippen LogP contribution in [0, 0.1) is 24.0 Å². The maximum absolute atomic E-state index is 13.5. The monoisotopic (exact) mass is 246 g/mol. The molecule has 2 aromatic rings. The van der Waals surface area contributed by atoms with Crippen LogP contribution in [-0.4, -0.2) is 9.97 Å². The topological polar surface area (TPSA) is 28.7 Å². The van der Waals surface area contributed by atoms with Crippen LogP contribution < -0.4 is 0 Å². The number of terminal acetylenes is 1. The van der Waals surface area contributed by atoms with Crippen molar-refractivity contribution in [2.75, 3.05) is 0 Å². The summed E-state index contributed by atoms with van der Waals surface area (Å²) in [6.45, 7) is 0. The highest BCUT2D eigenvalue weighted by Gasteiger charge is 2.35. The molecule has 2 rings (SSSR count). The van der Waals surface area contributed by atoms with E-state index < -0.39 is 40.2 Å². The van der Waals surface area contributed by atoms with Gasteiger partial charge in [-0.25, -0.2) is 13.8 Å². The number of halogens is 5. The van der Waals surface area contributed by atoms with Crippen molar-refractivity contribution >= 4 is 11.0 Å². The average molecular weight is 246 g/mol. The zero-order chi connectivity index (χ0) is 12.8. The number of nitrogens with one attached hydrogen (secondary N) is 1. The Morgan fingerprint density at radius 1 is 1.29 bits per heavy atom. The predicted octanol–water partition coefficient (Wildman–Crippen LogP) is 2.84. The summed E-state index contributed by atoms with van der Waals surface area (Å²) in [5, 5.41) is 0. The standard InChI is InChI=1S/C10H3F5N2/c1-2-4-5(11)3-6-8(7(4)12)17-9(16-6)10(13,14)15/h1,3H,(H,16,17). The van der Waals surface area contributed by atoms with E-state index in [2.05, 4.69) is 4.98 Å². The number of fused-ring (bicyclic) bond motifs is 1. The second-order valence-electron chi connectivity index (χ2n) is 3.17. The first-order chi connectivity index (χ1) is 7.84. The molecule has 1 aromatic carbocycles. The van der Waals surface area contributed by atoms with E-state index in [-0.39, 0.29) is 0 Å². The molecule has 2 nitrogen and oxygen atoms in total. The van der Waals surface area contributed by atoms with Gasteiger partial charge in [0.1, 0.15) is 11.3 Å². The number of nitrogens with zero attached hydrogens (tertiary/aromatic N) is 1. The van der Waals surface area contributed by atoms with Crippen molar-refractivity contribution in [3.8, 4) is 12.3 Å². The summed E-state index contributed by atoms with van der Waals surface area (Å²) in [6.07, 6.45) is 0.0793. The third-order valence-corrected chi connectivity index (χ3v) is 2.08. The van der Waals surface area contributed by atoms with Crippen molar-refractivity contribution in [3.05, 3.63) is 29.1 Å². The molecule has 0 spiro atoms. The van der Waals surface area contributed by atoms with Crippen molar-refractivity contribution < 1.29 is 22.0 Å². The molecule has 1 N–H and O–H groups in total. The fourth-order valence-electron chi connectivity index (χ4n) is 1.35. The third-order valence-electron chi connectivity index (χ3n) is 2.08. The molecule has 0 saturated heterocycles. The highest BCUT2D eigenvalue weighted by molar-refractivity contribution is 5.78. The summed E-state index contributed by atoms with van der Waals surface area (Å²) < 4.78 is 63.5. The summed E-state index contributed by atoms with van der Waals surface area (Å²) in [5.41, 5.74) is -1.77. The molecule has 0 aliphatic rings. The van der Waals surface area contributed by atoms with E-state index in [1.54, 1.807) is 10.9 Å². The second kappa shape index (κ2) is 3.45. The summed E-state index contributed by atoms with van der Waals surface area (Å²) in [5.74, 6) is -2.08. The van der Waals surface area contributed by atoms with Gasteiger partial charge in [0.15, 0.2) is 5.82 Å². The van der Waals surface area contributed by atoms with Crippen LogP contribution in [0.4, 0.5) is 22.0 Å². The number of hydrogen-bond donors (Lipinski definition) is 1. The van der Waals surface area contributed by atoms with Crippen molar-refractivity contribution in [2.45, 2.75) is 6.18 Å². The minimum atomic E-state index is -4.77. The van der Waals surface area contributed by atoms with E-state index in [4.69, 9.17) is 6.42 Å². The summed E-state index contributed by atoms with van der Waals surface area (Å²) in [4.78, 5) is 4.80. The molecule has 0 atom stereocenters. The molecule has 7 heteroatoms. The first-order valence-electron chi connectivity index (χ1n) is 4.26. The van der Waals surface area contributed by atoms with Gasteiger partial charge in [-0.1, -0.05) is 5.92 Å². The first kappa shape index (κ1) is 11.4. The van der Waals surface area contributed by atoms with Gasteiger partial charge in [0.2, 0.25) is 5.82 Å². The van der Waals surface area contributed by atoms with Gasteiger partial charge in [-0.3, -0.25) is 0 Å². The Morgan fingerprint density at radius 3 is 2.47 bits per heavy atom. The van der Waals surface area contributed by atoms with Crippen molar-refractivity contribution in [1.29, 1.82) is 0 Å². The Labute approximate surface area is 91.5 Å². The van der Waals surface area contributed by atoms with E-state index >= 15 is 0 Å². The Bertz CT molecular complexity index is 633. The predicted molar refractivity (Wildman–Crippen MR) is 48.9 cm³/mol. The largest absolute Gasteiger partial charge is 0.449 e. The number of H-pyrrole nitrogens is 1. The summed E-state index contributed by atoms with van der Waals surface area (Å²) >= 11 is 0. The molecule has 0 saturated carbocycles. The quantitative estimate of drug-likeness (QED) is 0.562. The lowest BCUT2D eigenvalue weighted by Gasteiger charge is -1.98. The van der Waals surface area contributed by atoms with E-state index in [0.717, 1.165) is 0 Å². The van der Waals surface area contributed by atoms with E-state index in [1.807, 2.05) is 0 Å². The molecule has 17 heavy (non-hydrogen) atoms. The minimum absolute atomic E-state index is 0.397. The van der Waals surface area contributed by atoms with Crippen LogP contribution in [0.15, 0.2) is 6.07 Å². The van der Waals surface area contributed by atoms with Gasteiger partial charge in [0.05, 0.1) is 11.1 Å². The molecule has 0 amide bonds. The van der Waals surface area contributed by atoms with Gasteiger partial charge in [0, 0.05) is 6.07 Å². The molecule has 0 unspecified atom stereocenters. The van der Waals surface area contributed by atoms with Gasteiger partial charge >= 0.3 is 6.18 Å². The lowest BCUT2D eigenvalue weighted by Crippen LogP contribution is -2.06. The van der Waals surface area contributed by atoms with E-state index in [0.29, 0.717) is 6.07 Å². The maximum atomic E-state index is 13.5. The molecule has 88 valence electrons. The number of rotatable bonds is 0. The Hall–Kier alpha value is -2.10. The molecule has 0 aliphatic heterocycles. The highest BCUT2D eigenvalue weighted by atomic mass is 19.4. The number of hydrogen-bond acceptors (Lipinski definition) is 1. The lowest BCUT2D eigenvalue weighted by molar-refractivity contribution is -0.144. The van der Waals surface area contributed by atoms with E-state index in [9.17, 15) is 22.0 Å². The van der Waals surface area contributed by atoms with Gasteiger partial charge in [-0.2, -0.15) is 13.2 Å². The minimum Gasteiger partial charge on any atom is -0.334 e. The molecule has 1 aromatic heterocycles. The summed E-state index contributed by atoms with van der Waals surface area (Å²) in [6, 6.07) is 0.676. The molecule has 1 heterocycles. The third kappa shape index (κ3) is 1.71. The number of benzene rings is 1. The second-order valence-corrected chi connectivity index (χ2v) is 3.17. The zero-order valence-corrected chi connectivity index (χ0v) is 7.99. The number of aromatic nitrogens is 2. The van der Waals surface area contributed by atoms with Gasteiger partial charge in [-0.05, 0) is 0 Å². The van der Waals surface area contributed by atoms with Crippen LogP contribution in [-0.2, 0) is 6.18 Å². The molecule has 0 bridgehead atoms. The Kier molecular flexibility index (Phi) is 2.31. The van der Waals surface area contributed by atoms with Gasteiger partial charge < -0.3 is 4.98 Å². The van der Waals surface area contributed by atoms with Crippen LogP contribution in [0.5, 0.6) is 0 Å². The van der Waals surface area contributed by atoms with Crippen molar-refractivity contribution in [1.82, 2.24) is 9.97 Å². The first-order valence-corrected chi connectivity index (χ1v) is 4.26. The molecular weight excluding hydrogens is 243 g/mol. The van der Waals surface area contributed by atoms with E-state index in [1.165, 1.54) is 0 Å². The average Bonchev–Trinajstić information content (AvgIpc) is 2.61. The lowest BCUT2D eigenvalue weighted by atomic mass is 10.2. The summed E-state index contributed by atoms with van der Waals surface area (Å²) in [7, 11) is 0. The van der Waals surface area contributed by atoms with Crippen LogP contribution in [0.1, 0.15) is 11.4 Å². The van der Waals surface area contributed by atoms with Crippen LogP contribution in [0.2, 0.25) is 0 Å². The maximum Gasteiger partial charge on any atom is 0.449 e.